The topological polar surface area (TPSA) is 82.2 Å². The molecule has 112 valence electrons. The predicted octanol–water partition coefficient (Wildman–Crippen LogP) is 2.77. The Bertz CT molecular complexity index is 812. The molecule has 0 atom stereocenters. The van der Waals surface area contributed by atoms with Crippen LogP contribution in [0.15, 0.2) is 47.2 Å². The Labute approximate surface area is 130 Å². The van der Waals surface area contributed by atoms with Crippen LogP contribution in [0.4, 0.5) is 5.69 Å². The summed E-state index contributed by atoms with van der Waals surface area (Å²) in [5.41, 5.74) is 1.21. The Morgan fingerprint density at radius 3 is 2.95 bits per heavy atom. The minimum absolute atomic E-state index is 0.0438. The van der Waals surface area contributed by atoms with E-state index in [4.69, 9.17) is 20.9 Å². The molecule has 1 amide bonds. The predicted molar refractivity (Wildman–Crippen MR) is 79.6 cm³/mol. The number of rotatable bonds is 4. The van der Waals surface area contributed by atoms with Gasteiger partial charge >= 0.3 is 0 Å². The van der Waals surface area contributed by atoms with E-state index in [0.717, 1.165) is 0 Å². The fourth-order valence-electron chi connectivity index (χ4n) is 1.81. The first-order valence-electron chi connectivity index (χ1n) is 6.29. The Morgan fingerprint density at radius 2 is 2.23 bits per heavy atom. The van der Waals surface area contributed by atoms with Gasteiger partial charge in [-0.25, -0.2) is 4.68 Å². The van der Waals surface area contributed by atoms with Crippen molar-refractivity contribution in [2.24, 2.45) is 0 Å². The van der Waals surface area contributed by atoms with Crippen molar-refractivity contribution in [2.45, 2.75) is 0 Å². The number of carbonyl (C=O) groups is 1. The molecule has 0 aliphatic heterocycles. The van der Waals surface area contributed by atoms with Crippen molar-refractivity contribution in [1.82, 2.24) is 14.9 Å². The molecule has 3 aromatic rings. The van der Waals surface area contributed by atoms with Gasteiger partial charge in [-0.15, -0.1) is 0 Å². The minimum Gasteiger partial charge on any atom is -0.479 e. The highest BCUT2D eigenvalue weighted by atomic mass is 35.5. The molecule has 2 aromatic heterocycles. The number of halogens is 1. The second-order valence-electron chi connectivity index (χ2n) is 4.31. The summed E-state index contributed by atoms with van der Waals surface area (Å²) in [4.78, 5) is 12.0. The fourth-order valence-corrected chi connectivity index (χ4v) is 2.03. The summed E-state index contributed by atoms with van der Waals surface area (Å²) in [7, 11) is 1.44. The molecule has 22 heavy (non-hydrogen) atoms. The maximum absolute atomic E-state index is 12.0. The van der Waals surface area contributed by atoms with Crippen LogP contribution in [-0.2, 0) is 0 Å². The average Bonchev–Trinajstić information content (AvgIpc) is 3.16. The number of hydrogen-bond acceptors (Lipinski definition) is 5. The third kappa shape index (κ3) is 2.79. The lowest BCUT2D eigenvalue weighted by atomic mass is 10.3. The van der Waals surface area contributed by atoms with Crippen LogP contribution in [-0.4, -0.2) is 28.0 Å². The van der Waals surface area contributed by atoms with Crippen LogP contribution in [0.1, 0.15) is 10.6 Å². The molecule has 1 aromatic carbocycles. The number of carbonyl (C=O) groups excluding carboxylic acids is 1. The quantitative estimate of drug-likeness (QED) is 0.799. The molecular formula is C14H11ClN4O3. The van der Waals surface area contributed by atoms with E-state index in [2.05, 4.69) is 15.6 Å². The lowest BCUT2D eigenvalue weighted by molar-refractivity contribution is 0.0987. The Hall–Kier alpha value is -2.80. The third-order valence-corrected chi connectivity index (χ3v) is 3.18. The van der Waals surface area contributed by atoms with Gasteiger partial charge in [0, 0.05) is 0 Å². The van der Waals surface area contributed by atoms with Crippen molar-refractivity contribution in [1.29, 1.82) is 0 Å². The summed E-state index contributed by atoms with van der Waals surface area (Å²) in [5, 5.41) is 10.9. The van der Waals surface area contributed by atoms with E-state index in [9.17, 15) is 4.79 Å². The molecule has 2 heterocycles. The van der Waals surface area contributed by atoms with Gasteiger partial charge in [-0.1, -0.05) is 23.7 Å². The summed E-state index contributed by atoms with van der Waals surface area (Å²) in [5.74, 6) is -0.172. The van der Waals surface area contributed by atoms with Gasteiger partial charge in [0.25, 0.3) is 11.8 Å². The Balaban J connectivity index is 1.77. The molecule has 0 saturated heterocycles. The second-order valence-corrected chi connectivity index (χ2v) is 4.72. The highest BCUT2D eigenvalue weighted by molar-refractivity contribution is 6.32. The van der Waals surface area contributed by atoms with Crippen LogP contribution in [0, 0.1) is 0 Å². The summed E-state index contributed by atoms with van der Waals surface area (Å²) in [6.07, 6.45) is 3.15. The molecule has 0 spiro atoms. The summed E-state index contributed by atoms with van der Waals surface area (Å²) < 4.78 is 11.3. The maximum atomic E-state index is 12.0. The normalized spacial score (nSPS) is 10.5. The molecule has 7 nitrogen and oxygen atoms in total. The van der Waals surface area contributed by atoms with Crippen LogP contribution < -0.4 is 10.1 Å². The monoisotopic (exact) mass is 318 g/mol. The summed E-state index contributed by atoms with van der Waals surface area (Å²) in [6.45, 7) is 0. The number of ether oxygens (including phenoxy) is 1. The lowest BCUT2D eigenvalue weighted by Crippen LogP contribution is -2.10. The number of anilines is 1. The van der Waals surface area contributed by atoms with E-state index in [1.54, 1.807) is 16.9 Å². The average molecular weight is 319 g/mol. The van der Waals surface area contributed by atoms with E-state index >= 15 is 0 Å². The first kappa shape index (κ1) is 14.2. The molecule has 3 rings (SSSR count). The number of benzene rings is 1. The zero-order valence-electron chi connectivity index (χ0n) is 11.5. The van der Waals surface area contributed by atoms with Crippen molar-refractivity contribution < 1.29 is 14.1 Å². The van der Waals surface area contributed by atoms with Gasteiger partial charge in [0.15, 0.2) is 0 Å². The molecule has 8 heteroatoms. The van der Waals surface area contributed by atoms with Crippen molar-refractivity contribution in [2.75, 3.05) is 12.4 Å². The zero-order valence-corrected chi connectivity index (χ0v) is 12.2. The van der Waals surface area contributed by atoms with Crippen LogP contribution >= 0.6 is 11.6 Å². The summed E-state index contributed by atoms with van der Waals surface area (Å²) in [6, 6.07) is 8.66. The van der Waals surface area contributed by atoms with E-state index in [0.29, 0.717) is 16.4 Å². The second kappa shape index (κ2) is 5.90. The number of hydrogen-bond donors (Lipinski definition) is 1. The highest BCUT2D eigenvalue weighted by Gasteiger charge is 2.14. The van der Waals surface area contributed by atoms with Crippen molar-refractivity contribution in [3.05, 3.63) is 53.5 Å². The molecule has 0 unspecified atom stereocenters. The Morgan fingerprint density at radius 1 is 1.41 bits per heavy atom. The van der Waals surface area contributed by atoms with Gasteiger partial charge in [0.05, 0.1) is 42.0 Å². The van der Waals surface area contributed by atoms with Crippen LogP contribution in [0.3, 0.4) is 0 Å². The zero-order chi connectivity index (χ0) is 15.5. The maximum Gasteiger partial charge on any atom is 0.294 e. The van der Waals surface area contributed by atoms with Gasteiger partial charge in [0.2, 0.25) is 5.76 Å². The minimum atomic E-state index is -0.450. The van der Waals surface area contributed by atoms with Crippen LogP contribution in [0.2, 0.25) is 5.02 Å². The van der Waals surface area contributed by atoms with Crippen molar-refractivity contribution >= 4 is 23.2 Å². The van der Waals surface area contributed by atoms with Gasteiger partial charge in [-0.05, 0) is 17.3 Å². The number of methoxy groups -OCH3 is 1. The van der Waals surface area contributed by atoms with E-state index in [-0.39, 0.29) is 11.6 Å². The van der Waals surface area contributed by atoms with E-state index in [1.807, 2.05) is 18.2 Å². The molecular weight excluding hydrogens is 308 g/mol. The number of amides is 1. The first-order chi connectivity index (χ1) is 10.7. The standard InChI is InChI=1S/C14H11ClN4O3/c1-21-13-6-12(22-18-13)14(20)17-9-7-16-19(8-9)11-5-3-2-4-10(11)15/h2-8H,1H3,(H,17,20). The number of nitrogens with one attached hydrogen (secondary N) is 1. The van der Waals surface area contributed by atoms with E-state index in [1.165, 1.54) is 19.4 Å². The number of nitrogens with zero attached hydrogens (tertiary/aromatic N) is 3. The molecule has 1 N–H and O–H groups in total. The van der Waals surface area contributed by atoms with Gasteiger partial charge in [-0.3, -0.25) is 4.79 Å². The summed E-state index contributed by atoms with van der Waals surface area (Å²) >= 11 is 6.10. The van der Waals surface area contributed by atoms with Gasteiger partial charge < -0.3 is 14.6 Å². The molecule has 0 fully saturated rings. The largest absolute Gasteiger partial charge is 0.479 e. The van der Waals surface area contributed by atoms with Crippen molar-refractivity contribution in [3.63, 3.8) is 0 Å². The number of para-hydroxylation sites is 1. The lowest BCUT2D eigenvalue weighted by Gasteiger charge is -2.02. The van der Waals surface area contributed by atoms with Crippen LogP contribution in [0.25, 0.3) is 5.69 Å². The molecule has 0 aliphatic rings. The Kier molecular flexibility index (Phi) is 3.80. The number of aromatic nitrogens is 3. The smallest absolute Gasteiger partial charge is 0.294 e. The van der Waals surface area contributed by atoms with Crippen LogP contribution in [0.5, 0.6) is 5.88 Å². The van der Waals surface area contributed by atoms with Crippen molar-refractivity contribution in [3.8, 4) is 11.6 Å². The third-order valence-electron chi connectivity index (χ3n) is 2.86. The SMILES string of the molecule is COc1cc(C(=O)Nc2cnn(-c3ccccc3Cl)c2)on1. The molecule has 0 aliphatic carbocycles. The first-order valence-corrected chi connectivity index (χ1v) is 6.67. The molecule has 0 bridgehead atoms. The fraction of sp³-hybridized carbons (Fsp3) is 0.0714. The van der Waals surface area contributed by atoms with Gasteiger partial charge in [-0.2, -0.15) is 5.10 Å². The van der Waals surface area contributed by atoms with E-state index < -0.39 is 5.91 Å². The molecule has 0 saturated carbocycles. The highest BCUT2D eigenvalue weighted by Crippen LogP contribution is 2.21. The molecule has 0 radical (unpaired) electrons. The van der Waals surface area contributed by atoms with Gasteiger partial charge in [0.1, 0.15) is 0 Å².